The SMILES string of the molecule is N#Cc1ccccc1-c1cc(-c2ccccc2)c2c(c1-c1ccccc1)-c1cccc3cccc-2c13. The van der Waals surface area contributed by atoms with Gasteiger partial charge in [-0.15, -0.1) is 0 Å². The van der Waals surface area contributed by atoms with Crippen molar-refractivity contribution < 1.29 is 0 Å². The molecule has 0 atom stereocenters. The van der Waals surface area contributed by atoms with E-state index in [1.54, 1.807) is 0 Å². The number of rotatable bonds is 3. The number of fused-ring (bicyclic) bond motifs is 3. The highest BCUT2D eigenvalue weighted by Crippen LogP contribution is 2.57. The molecule has 1 heteroatoms. The van der Waals surface area contributed by atoms with Crippen LogP contribution in [0.4, 0.5) is 0 Å². The summed E-state index contributed by atoms with van der Waals surface area (Å²) in [4.78, 5) is 0. The molecule has 0 unspecified atom stereocenters. The van der Waals surface area contributed by atoms with Crippen LogP contribution in [0, 0.1) is 11.3 Å². The van der Waals surface area contributed by atoms with Crippen LogP contribution in [-0.4, -0.2) is 0 Å². The molecule has 0 amide bonds. The minimum absolute atomic E-state index is 0.683. The van der Waals surface area contributed by atoms with Gasteiger partial charge in [-0.3, -0.25) is 0 Å². The van der Waals surface area contributed by atoms with E-state index in [-0.39, 0.29) is 0 Å². The average molecular weight is 456 g/mol. The Balaban J connectivity index is 1.72. The van der Waals surface area contributed by atoms with Crippen LogP contribution in [0.3, 0.4) is 0 Å². The van der Waals surface area contributed by atoms with Crippen molar-refractivity contribution in [3.8, 4) is 61.7 Å². The van der Waals surface area contributed by atoms with Gasteiger partial charge in [0.15, 0.2) is 0 Å². The molecule has 7 rings (SSSR count). The third-order valence-electron chi connectivity index (χ3n) is 7.26. The van der Waals surface area contributed by atoms with Crippen LogP contribution in [-0.2, 0) is 0 Å². The van der Waals surface area contributed by atoms with E-state index in [2.05, 4.69) is 115 Å². The van der Waals surface area contributed by atoms with E-state index in [0.717, 1.165) is 16.7 Å². The van der Waals surface area contributed by atoms with Crippen molar-refractivity contribution in [2.75, 3.05) is 0 Å². The van der Waals surface area contributed by atoms with E-state index in [9.17, 15) is 5.26 Å². The lowest BCUT2D eigenvalue weighted by Gasteiger charge is -2.21. The highest BCUT2D eigenvalue weighted by molar-refractivity contribution is 6.22. The van der Waals surface area contributed by atoms with Crippen molar-refractivity contribution in [2.45, 2.75) is 0 Å². The summed E-state index contributed by atoms with van der Waals surface area (Å²) in [5.41, 5.74) is 12.5. The Morgan fingerprint density at radius 2 is 1.00 bits per heavy atom. The van der Waals surface area contributed by atoms with Crippen LogP contribution in [0.25, 0.3) is 66.4 Å². The first-order valence-electron chi connectivity index (χ1n) is 12.2. The third kappa shape index (κ3) is 2.95. The molecule has 6 aromatic carbocycles. The number of nitriles is 1. The van der Waals surface area contributed by atoms with Gasteiger partial charge >= 0.3 is 0 Å². The van der Waals surface area contributed by atoms with Crippen LogP contribution in [0.5, 0.6) is 0 Å². The Hall–Kier alpha value is -4.93. The lowest BCUT2D eigenvalue weighted by atomic mass is 9.81. The van der Waals surface area contributed by atoms with E-state index in [4.69, 9.17) is 0 Å². The van der Waals surface area contributed by atoms with Gasteiger partial charge in [-0.2, -0.15) is 5.26 Å². The second kappa shape index (κ2) is 8.08. The molecule has 0 saturated heterocycles. The highest BCUT2D eigenvalue weighted by Gasteiger charge is 2.30. The van der Waals surface area contributed by atoms with Gasteiger partial charge < -0.3 is 0 Å². The molecule has 0 spiro atoms. The monoisotopic (exact) mass is 455 g/mol. The van der Waals surface area contributed by atoms with Crippen molar-refractivity contribution in [2.24, 2.45) is 0 Å². The molecular formula is C35H21N. The first kappa shape index (κ1) is 20.4. The summed E-state index contributed by atoms with van der Waals surface area (Å²) in [7, 11) is 0. The molecule has 1 nitrogen and oxygen atoms in total. The Labute approximate surface area is 210 Å². The fraction of sp³-hybridized carbons (Fsp3) is 0. The summed E-state index contributed by atoms with van der Waals surface area (Å²) in [5, 5.41) is 12.6. The molecule has 0 N–H and O–H groups in total. The predicted molar refractivity (Wildman–Crippen MR) is 149 cm³/mol. The van der Waals surface area contributed by atoms with Crippen LogP contribution in [0.15, 0.2) is 127 Å². The van der Waals surface area contributed by atoms with Crippen LogP contribution in [0.1, 0.15) is 5.56 Å². The lowest BCUT2D eigenvalue weighted by molar-refractivity contribution is 1.47. The van der Waals surface area contributed by atoms with E-state index in [0.29, 0.717) is 5.56 Å². The van der Waals surface area contributed by atoms with Gasteiger partial charge in [0.25, 0.3) is 0 Å². The molecule has 6 aromatic rings. The smallest absolute Gasteiger partial charge is 0.0998 e. The van der Waals surface area contributed by atoms with E-state index >= 15 is 0 Å². The Morgan fingerprint density at radius 3 is 1.69 bits per heavy atom. The first-order chi connectivity index (χ1) is 17.8. The summed E-state index contributed by atoms with van der Waals surface area (Å²) >= 11 is 0. The molecule has 0 bridgehead atoms. The van der Waals surface area contributed by atoms with Crippen LogP contribution >= 0.6 is 0 Å². The molecule has 0 heterocycles. The molecule has 0 aromatic heterocycles. The molecular weight excluding hydrogens is 434 g/mol. The van der Waals surface area contributed by atoms with Crippen molar-refractivity contribution in [1.82, 2.24) is 0 Å². The van der Waals surface area contributed by atoms with Gasteiger partial charge in [-0.05, 0) is 73.0 Å². The summed E-state index contributed by atoms with van der Waals surface area (Å²) in [5.74, 6) is 0. The number of hydrogen-bond donors (Lipinski definition) is 0. The number of benzene rings is 6. The zero-order valence-electron chi connectivity index (χ0n) is 19.6. The second-order valence-electron chi connectivity index (χ2n) is 9.20. The highest BCUT2D eigenvalue weighted by atomic mass is 14.3. The van der Waals surface area contributed by atoms with E-state index < -0.39 is 0 Å². The summed E-state index contributed by atoms with van der Waals surface area (Å²) in [6.07, 6.45) is 0. The molecule has 166 valence electrons. The minimum atomic E-state index is 0.683. The summed E-state index contributed by atoms with van der Waals surface area (Å²) in [6.45, 7) is 0. The molecule has 1 aliphatic rings. The maximum Gasteiger partial charge on any atom is 0.0998 e. The van der Waals surface area contributed by atoms with Crippen molar-refractivity contribution in [1.29, 1.82) is 5.26 Å². The molecule has 0 saturated carbocycles. The zero-order valence-corrected chi connectivity index (χ0v) is 19.6. The van der Waals surface area contributed by atoms with Gasteiger partial charge in [0.2, 0.25) is 0 Å². The average Bonchev–Trinajstić information content (AvgIpc) is 3.29. The largest absolute Gasteiger partial charge is 0.192 e. The second-order valence-corrected chi connectivity index (χ2v) is 9.20. The summed E-state index contributed by atoms with van der Waals surface area (Å²) in [6, 6.07) is 47.1. The van der Waals surface area contributed by atoms with Gasteiger partial charge in [0.05, 0.1) is 11.6 Å². The van der Waals surface area contributed by atoms with Gasteiger partial charge in [-0.25, -0.2) is 0 Å². The standard InChI is InChI=1S/C35H21N/c36-22-26-15-7-8-18-27(26)31-21-30(23-11-3-1-4-12-23)34-28-19-9-16-24-17-10-20-29(32(24)28)35(34)33(31)25-13-5-2-6-14-25/h1-21H. The molecule has 36 heavy (non-hydrogen) atoms. The topological polar surface area (TPSA) is 23.8 Å². The van der Waals surface area contributed by atoms with Crippen LogP contribution in [0.2, 0.25) is 0 Å². The van der Waals surface area contributed by atoms with Crippen LogP contribution < -0.4 is 0 Å². The lowest BCUT2D eigenvalue weighted by Crippen LogP contribution is -1.95. The van der Waals surface area contributed by atoms with Crippen molar-refractivity contribution in [3.63, 3.8) is 0 Å². The molecule has 0 aliphatic heterocycles. The van der Waals surface area contributed by atoms with Gasteiger partial charge in [0.1, 0.15) is 0 Å². The van der Waals surface area contributed by atoms with E-state index in [1.165, 1.54) is 49.7 Å². The molecule has 1 aliphatic carbocycles. The summed E-state index contributed by atoms with van der Waals surface area (Å²) < 4.78 is 0. The Bertz CT molecular complexity index is 1820. The maximum absolute atomic E-state index is 10.0. The van der Waals surface area contributed by atoms with Crippen molar-refractivity contribution in [3.05, 3.63) is 133 Å². The number of hydrogen-bond acceptors (Lipinski definition) is 1. The first-order valence-corrected chi connectivity index (χ1v) is 12.2. The Morgan fingerprint density at radius 1 is 0.417 bits per heavy atom. The zero-order chi connectivity index (χ0) is 24.1. The quantitative estimate of drug-likeness (QED) is 0.260. The maximum atomic E-state index is 10.0. The van der Waals surface area contributed by atoms with Gasteiger partial charge in [-0.1, -0.05) is 115 Å². The van der Waals surface area contributed by atoms with Gasteiger partial charge in [0, 0.05) is 5.56 Å². The number of nitrogens with zero attached hydrogens (tertiary/aromatic N) is 1. The predicted octanol–water partition coefficient (Wildman–Crippen LogP) is 9.36. The van der Waals surface area contributed by atoms with Crippen molar-refractivity contribution >= 4 is 10.8 Å². The minimum Gasteiger partial charge on any atom is -0.192 e. The molecule has 0 radical (unpaired) electrons. The molecule has 0 fully saturated rings. The van der Waals surface area contributed by atoms with E-state index in [1.807, 2.05) is 18.2 Å². The third-order valence-corrected chi connectivity index (χ3v) is 7.26. The normalized spacial score (nSPS) is 11.3. The Kier molecular flexibility index (Phi) is 4.59. The fourth-order valence-corrected chi connectivity index (χ4v) is 5.77. The fourth-order valence-electron chi connectivity index (χ4n) is 5.77.